The Balaban J connectivity index is 0.000000215. The molecule has 3 fully saturated rings. The molecular weight excluding hydrogens is 646 g/mol. The number of carbonyl (C=O) groups excluding carboxylic acids is 1. The Labute approximate surface area is 288 Å². The summed E-state index contributed by atoms with van der Waals surface area (Å²) in [4.78, 5) is 23.9. The third kappa shape index (κ3) is 16.2. The molecule has 0 saturated carbocycles. The largest absolute Gasteiger partial charge is 0.519 e. The first kappa shape index (κ1) is 42.5. The van der Waals surface area contributed by atoms with Gasteiger partial charge in [-0.25, -0.2) is 9.59 Å². The van der Waals surface area contributed by atoms with Gasteiger partial charge in [0.2, 0.25) is 6.29 Å². The van der Waals surface area contributed by atoms with Gasteiger partial charge in [-0.3, -0.25) is 4.90 Å². The van der Waals surface area contributed by atoms with E-state index in [0.29, 0.717) is 30.3 Å². The Hall–Kier alpha value is -2.70. The van der Waals surface area contributed by atoms with Crippen LogP contribution in [0.2, 0.25) is 0 Å². The van der Waals surface area contributed by atoms with Gasteiger partial charge < -0.3 is 56.2 Å². The molecule has 0 spiro atoms. The van der Waals surface area contributed by atoms with Gasteiger partial charge in [0, 0.05) is 73.8 Å². The third-order valence-corrected chi connectivity index (χ3v) is 7.26. The Bertz CT molecular complexity index is 1220. The normalized spacial score (nSPS) is 22.2. The van der Waals surface area contributed by atoms with E-state index in [4.69, 9.17) is 47.4 Å². The van der Waals surface area contributed by atoms with Gasteiger partial charge in [-0.15, -0.1) is 0 Å². The molecule has 0 N–H and O–H groups in total. The molecule has 0 radical (unpaired) electrons. The predicted molar refractivity (Wildman–Crippen MR) is 176 cm³/mol. The third-order valence-electron chi connectivity index (χ3n) is 7.26. The summed E-state index contributed by atoms with van der Waals surface area (Å²) in [5, 5.41) is 0. The molecule has 3 atom stereocenters. The summed E-state index contributed by atoms with van der Waals surface area (Å²) in [5.74, 6) is -0.468. The van der Waals surface area contributed by atoms with Crippen LogP contribution in [0.1, 0.15) is 60.4 Å². The number of carbonyl (C=O) groups is 1. The van der Waals surface area contributed by atoms with Crippen LogP contribution in [0.4, 0.5) is 0 Å². The number of esters is 1. The Morgan fingerprint density at radius 3 is 2.16 bits per heavy atom. The van der Waals surface area contributed by atoms with Gasteiger partial charge in [-0.2, -0.15) is 0 Å². The second kappa shape index (κ2) is 23.7. The first-order valence-electron chi connectivity index (χ1n) is 16.2. The first-order valence-corrected chi connectivity index (χ1v) is 16.2. The lowest BCUT2D eigenvalue weighted by Crippen LogP contribution is -2.38. The number of cyclic esters (lactones) is 1. The average molecular weight is 702 g/mol. The quantitative estimate of drug-likeness (QED) is 0.349. The molecule has 3 saturated heterocycles. The van der Waals surface area contributed by atoms with Crippen molar-refractivity contribution >= 4 is 5.97 Å². The number of methoxy groups -OCH3 is 5. The fraction of sp³-hybridized carbons (Fsp3) is 0.706. The van der Waals surface area contributed by atoms with E-state index in [1.165, 1.54) is 14.2 Å². The predicted octanol–water partition coefficient (Wildman–Crippen LogP) is 3.71. The van der Waals surface area contributed by atoms with E-state index in [1.807, 2.05) is 26.0 Å². The van der Waals surface area contributed by atoms with Crippen molar-refractivity contribution in [2.24, 2.45) is 0 Å². The molecule has 2 aromatic rings. The molecule has 49 heavy (non-hydrogen) atoms. The van der Waals surface area contributed by atoms with E-state index < -0.39 is 17.9 Å². The van der Waals surface area contributed by atoms with E-state index in [1.54, 1.807) is 40.4 Å². The summed E-state index contributed by atoms with van der Waals surface area (Å²) < 4.78 is 59.6. The number of ether oxygens (including phenoxy) is 10. The van der Waals surface area contributed by atoms with Crippen LogP contribution in [0.25, 0.3) is 0 Å². The minimum Gasteiger partial charge on any atom is -0.428 e. The van der Waals surface area contributed by atoms with Crippen LogP contribution >= 0.6 is 0 Å². The van der Waals surface area contributed by atoms with E-state index in [9.17, 15) is 9.59 Å². The fourth-order valence-electron chi connectivity index (χ4n) is 4.74. The van der Waals surface area contributed by atoms with E-state index in [2.05, 4.69) is 13.7 Å². The van der Waals surface area contributed by atoms with Gasteiger partial charge in [0.25, 0.3) is 0 Å². The van der Waals surface area contributed by atoms with Crippen LogP contribution in [0, 0.1) is 6.92 Å². The first-order chi connectivity index (χ1) is 23.6. The van der Waals surface area contributed by atoms with Crippen LogP contribution < -0.4 is 5.82 Å². The van der Waals surface area contributed by atoms with Crippen molar-refractivity contribution < 1.29 is 61.0 Å². The minimum absolute atomic E-state index is 0.0972. The van der Waals surface area contributed by atoms with Crippen LogP contribution in [-0.2, 0) is 54.0 Å². The van der Waals surface area contributed by atoms with Gasteiger partial charge in [0.1, 0.15) is 18.5 Å². The molecule has 6 rings (SSSR count). The number of nitrogens with zero attached hydrogens (tertiary/aromatic N) is 1. The van der Waals surface area contributed by atoms with Gasteiger partial charge in [-0.1, -0.05) is 18.2 Å². The molecule has 5 heterocycles. The molecule has 15 heteroatoms. The summed E-state index contributed by atoms with van der Waals surface area (Å²) in [6.07, 6.45) is 1.91. The molecule has 1 aromatic carbocycles. The second-order valence-corrected chi connectivity index (χ2v) is 11.5. The van der Waals surface area contributed by atoms with Crippen molar-refractivity contribution in [3.05, 3.63) is 57.5 Å². The number of benzene rings is 1. The minimum atomic E-state index is -0.676. The summed E-state index contributed by atoms with van der Waals surface area (Å²) in [5.41, 5.74) is 1.41. The van der Waals surface area contributed by atoms with Gasteiger partial charge in [0.05, 0.1) is 38.6 Å². The lowest BCUT2D eigenvalue weighted by molar-refractivity contribution is -0.143. The maximum atomic E-state index is 11.1. The van der Waals surface area contributed by atoms with Crippen LogP contribution in [0.5, 0.6) is 0 Å². The molecule has 3 unspecified atom stereocenters. The van der Waals surface area contributed by atoms with Crippen molar-refractivity contribution in [3.8, 4) is 0 Å². The summed E-state index contributed by atoms with van der Waals surface area (Å²) >= 11 is 0. The van der Waals surface area contributed by atoms with E-state index in [-0.39, 0.29) is 25.0 Å². The average Bonchev–Trinajstić information content (AvgIpc) is 3.89. The number of hydrogen-bond acceptors (Lipinski definition) is 15. The van der Waals surface area contributed by atoms with Crippen molar-refractivity contribution in [2.45, 2.75) is 64.7 Å². The highest BCUT2D eigenvalue weighted by atomic mass is 16.7. The van der Waals surface area contributed by atoms with Crippen LogP contribution in [-0.4, -0.2) is 124 Å². The molecule has 280 valence electrons. The zero-order valence-electron chi connectivity index (χ0n) is 30.2. The Morgan fingerprint density at radius 1 is 0.918 bits per heavy atom. The fourth-order valence-corrected chi connectivity index (χ4v) is 4.74. The van der Waals surface area contributed by atoms with E-state index >= 15 is 0 Å². The van der Waals surface area contributed by atoms with Crippen molar-refractivity contribution in [3.63, 3.8) is 0 Å². The van der Waals surface area contributed by atoms with Gasteiger partial charge in [0.15, 0.2) is 17.8 Å². The van der Waals surface area contributed by atoms with Gasteiger partial charge in [-0.05, 0) is 33.3 Å². The zero-order valence-corrected chi connectivity index (χ0v) is 30.2. The summed E-state index contributed by atoms with van der Waals surface area (Å²) in [7, 11) is 8.11. The highest BCUT2D eigenvalue weighted by Gasteiger charge is 2.32. The Morgan fingerprint density at radius 2 is 1.65 bits per heavy atom. The highest BCUT2D eigenvalue weighted by Crippen LogP contribution is 2.30. The van der Waals surface area contributed by atoms with Crippen LogP contribution in [0.3, 0.4) is 0 Å². The molecule has 0 aliphatic carbocycles. The number of aryl methyl sites for hydroxylation is 1. The van der Waals surface area contributed by atoms with Crippen molar-refractivity contribution in [1.29, 1.82) is 0 Å². The lowest BCUT2D eigenvalue weighted by atomic mass is 10.1. The highest BCUT2D eigenvalue weighted by molar-refractivity contribution is 5.93. The van der Waals surface area contributed by atoms with Gasteiger partial charge >= 0.3 is 11.8 Å². The summed E-state index contributed by atoms with van der Waals surface area (Å²) in [6.45, 7) is 13.6. The van der Waals surface area contributed by atoms with E-state index in [0.717, 1.165) is 64.5 Å². The number of rotatable bonds is 9. The van der Waals surface area contributed by atoms with Crippen LogP contribution in [0.15, 0.2) is 37.9 Å². The smallest absolute Gasteiger partial charge is 0.428 e. The zero-order chi connectivity index (χ0) is 36.1. The molecule has 0 amide bonds. The van der Waals surface area contributed by atoms with Crippen molar-refractivity contribution in [1.82, 2.24) is 4.90 Å². The standard InChI is InChI=1S/C9H8O3.C7H15NO2.C7H14O3.C6H8O4.C5H10O2/c1-11-9-7-5-3-2-4-6(7)8(10)12-9;1-9-5-2-8-3-6-10-7-4-8;1-7(2)9-5-6(10-7)4-8-3;1-4-5(3-8-2)10-6(7)9-4;1-6-5-3-2-4-7-5/h2-5,9H,1H3;2-7H2,1H3;6H,4-5H2,1-3H3;3H2,1-2H3;5H,2-4H2,1H3. The van der Waals surface area contributed by atoms with Crippen molar-refractivity contribution in [2.75, 3.05) is 94.8 Å². The Kier molecular flexibility index (Phi) is 20.5. The molecule has 1 aromatic heterocycles. The maximum Gasteiger partial charge on any atom is 0.519 e. The monoisotopic (exact) mass is 701 g/mol. The lowest BCUT2D eigenvalue weighted by Gasteiger charge is -2.25. The summed E-state index contributed by atoms with van der Waals surface area (Å²) in [6, 6.07) is 7.22. The SMILES string of the molecule is COC1CCCO1.COC1OC(=O)c2ccccc21.COCC1COC(C)(C)O1.COCCN1CCOCC1.COCc1oc(=O)oc1C. The molecule has 15 nitrogen and oxygen atoms in total. The molecule has 0 bridgehead atoms. The molecule has 4 aliphatic heterocycles. The molecule has 4 aliphatic rings. The second-order valence-electron chi connectivity index (χ2n) is 11.5. The number of fused-ring (bicyclic) bond motifs is 1. The maximum absolute atomic E-state index is 11.1. The topological polar surface area (TPSA) is 156 Å². The number of hydrogen-bond donors (Lipinski definition) is 0. The molecular formula is C34H55NO14. The number of morpholine rings is 1.